The Bertz CT molecular complexity index is 941. The summed E-state index contributed by atoms with van der Waals surface area (Å²) in [6, 6.07) is 12.7. The molecule has 24 heavy (non-hydrogen) atoms. The van der Waals surface area contributed by atoms with Gasteiger partial charge >= 0.3 is 0 Å². The molecule has 0 aliphatic carbocycles. The maximum atomic E-state index is 5.76. The number of methoxy groups -OCH3 is 1. The fraction of sp³-hybridized carbons (Fsp3) is 0.0625. The van der Waals surface area contributed by atoms with Gasteiger partial charge in [-0.1, -0.05) is 6.07 Å². The van der Waals surface area contributed by atoms with Crippen molar-refractivity contribution in [3.63, 3.8) is 0 Å². The van der Waals surface area contributed by atoms with Crippen molar-refractivity contribution in [1.82, 2.24) is 4.98 Å². The predicted molar refractivity (Wildman–Crippen MR) is 93.1 cm³/mol. The number of ether oxygens (including phenoxy) is 1. The Hall–Kier alpha value is -3.55. The molecule has 8 nitrogen and oxygen atoms in total. The van der Waals surface area contributed by atoms with Crippen LogP contribution < -0.4 is 21.9 Å². The number of rotatable bonds is 3. The van der Waals surface area contributed by atoms with Gasteiger partial charge in [-0.25, -0.2) is 9.98 Å². The molecule has 122 valence electrons. The number of fused-ring (bicyclic) bond motifs is 1. The zero-order chi connectivity index (χ0) is 17.1. The van der Waals surface area contributed by atoms with Crippen LogP contribution in [0, 0.1) is 0 Å². The fourth-order valence-electron chi connectivity index (χ4n) is 2.15. The second kappa shape index (κ2) is 6.29. The summed E-state index contributed by atoms with van der Waals surface area (Å²) < 4.78 is 11.0. The summed E-state index contributed by atoms with van der Waals surface area (Å²) in [5.41, 5.74) is 18.8. The van der Waals surface area contributed by atoms with Crippen LogP contribution in [-0.2, 0) is 0 Å². The highest BCUT2D eigenvalue weighted by Gasteiger charge is 2.09. The van der Waals surface area contributed by atoms with Crippen molar-refractivity contribution >= 4 is 28.7 Å². The number of benzene rings is 2. The molecule has 0 spiro atoms. The van der Waals surface area contributed by atoms with Crippen molar-refractivity contribution in [2.24, 2.45) is 27.2 Å². The molecule has 0 unspecified atom stereocenters. The molecule has 0 radical (unpaired) electrons. The molecule has 0 aliphatic heterocycles. The minimum absolute atomic E-state index is 0.0362. The van der Waals surface area contributed by atoms with Gasteiger partial charge in [0.15, 0.2) is 11.5 Å². The number of hydrogen-bond donors (Lipinski definition) is 3. The van der Waals surface area contributed by atoms with Gasteiger partial charge in [0, 0.05) is 5.56 Å². The summed E-state index contributed by atoms with van der Waals surface area (Å²) in [6.07, 6.45) is 0. The van der Waals surface area contributed by atoms with E-state index in [4.69, 9.17) is 26.4 Å². The van der Waals surface area contributed by atoms with Crippen molar-refractivity contribution in [3.8, 4) is 17.2 Å². The van der Waals surface area contributed by atoms with E-state index in [2.05, 4.69) is 15.0 Å². The van der Waals surface area contributed by atoms with Gasteiger partial charge in [-0.15, -0.1) is 0 Å². The lowest BCUT2D eigenvalue weighted by atomic mass is 10.2. The third kappa shape index (κ3) is 3.27. The molecule has 8 heteroatoms. The SMILES string of the molecule is COc1cccc(-c2nc3cc(N=C(N)N=C(N)N)ccc3o2)c1. The summed E-state index contributed by atoms with van der Waals surface area (Å²) in [5.74, 6) is 1.03. The van der Waals surface area contributed by atoms with E-state index in [1.165, 1.54) is 0 Å². The minimum atomic E-state index is -0.154. The predicted octanol–water partition coefficient (Wildman–Crippen LogP) is 1.72. The van der Waals surface area contributed by atoms with Gasteiger partial charge in [0.2, 0.25) is 11.9 Å². The third-order valence-corrected chi connectivity index (χ3v) is 3.18. The number of nitrogens with zero attached hydrogens (tertiary/aromatic N) is 3. The van der Waals surface area contributed by atoms with E-state index in [9.17, 15) is 0 Å². The van der Waals surface area contributed by atoms with Crippen molar-refractivity contribution in [2.45, 2.75) is 0 Å². The Morgan fingerprint density at radius 2 is 1.96 bits per heavy atom. The highest BCUT2D eigenvalue weighted by Crippen LogP contribution is 2.28. The molecule has 0 aliphatic rings. The number of aromatic nitrogens is 1. The Morgan fingerprint density at radius 3 is 2.71 bits per heavy atom. The maximum Gasteiger partial charge on any atom is 0.227 e. The monoisotopic (exact) mass is 324 g/mol. The Morgan fingerprint density at radius 1 is 1.12 bits per heavy atom. The highest BCUT2D eigenvalue weighted by molar-refractivity contribution is 5.94. The van der Waals surface area contributed by atoms with E-state index in [1.807, 2.05) is 24.3 Å². The lowest BCUT2D eigenvalue weighted by molar-refractivity contribution is 0.415. The van der Waals surface area contributed by atoms with Gasteiger partial charge in [0.25, 0.3) is 0 Å². The van der Waals surface area contributed by atoms with Gasteiger partial charge in [0.1, 0.15) is 11.3 Å². The van der Waals surface area contributed by atoms with Crippen molar-refractivity contribution in [1.29, 1.82) is 0 Å². The molecule has 0 saturated heterocycles. The van der Waals surface area contributed by atoms with Crippen LogP contribution in [0.15, 0.2) is 56.9 Å². The Balaban J connectivity index is 1.98. The highest BCUT2D eigenvalue weighted by atomic mass is 16.5. The molecule has 6 N–H and O–H groups in total. The quantitative estimate of drug-likeness (QED) is 0.495. The van der Waals surface area contributed by atoms with E-state index in [0.29, 0.717) is 22.7 Å². The van der Waals surface area contributed by atoms with Crippen molar-refractivity contribution in [2.75, 3.05) is 7.11 Å². The number of oxazole rings is 1. The van der Waals surface area contributed by atoms with Crippen LogP contribution in [0.2, 0.25) is 0 Å². The zero-order valence-electron chi connectivity index (χ0n) is 12.9. The normalized spacial score (nSPS) is 11.5. The van der Waals surface area contributed by atoms with E-state index >= 15 is 0 Å². The second-order valence-electron chi connectivity index (χ2n) is 4.91. The third-order valence-electron chi connectivity index (χ3n) is 3.18. The number of aliphatic imine (C=N–C) groups is 2. The number of nitrogens with two attached hydrogens (primary N) is 3. The van der Waals surface area contributed by atoms with E-state index in [-0.39, 0.29) is 11.9 Å². The first-order valence-electron chi connectivity index (χ1n) is 7.04. The molecule has 1 aromatic heterocycles. The van der Waals surface area contributed by atoms with Gasteiger partial charge < -0.3 is 26.4 Å². The average Bonchev–Trinajstić information content (AvgIpc) is 2.97. The Kier molecular flexibility index (Phi) is 4.02. The van der Waals surface area contributed by atoms with E-state index in [1.54, 1.807) is 25.3 Å². The van der Waals surface area contributed by atoms with Crippen molar-refractivity contribution < 1.29 is 9.15 Å². The van der Waals surface area contributed by atoms with Gasteiger partial charge in [-0.05, 0) is 36.4 Å². The lowest BCUT2D eigenvalue weighted by Gasteiger charge is -2.00. The van der Waals surface area contributed by atoms with Gasteiger partial charge in [-0.3, -0.25) is 0 Å². The summed E-state index contributed by atoms with van der Waals surface area (Å²) in [6.45, 7) is 0. The van der Waals surface area contributed by atoms with Crippen LogP contribution in [0.25, 0.3) is 22.6 Å². The van der Waals surface area contributed by atoms with Crippen molar-refractivity contribution in [3.05, 3.63) is 42.5 Å². The molecular weight excluding hydrogens is 308 g/mol. The lowest BCUT2D eigenvalue weighted by Crippen LogP contribution is -2.26. The Labute approximate surface area is 137 Å². The molecular formula is C16H16N6O2. The first kappa shape index (κ1) is 15.3. The molecule has 0 atom stereocenters. The molecule has 3 rings (SSSR count). The maximum absolute atomic E-state index is 5.76. The molecule has 3 aromatic rings. The van der Waals surface area contributed by atoms with Crippen LogP contribution in [0.1, 0.15) is 0 Å². The smallest absolute Gasteiger partial charge is 0.227 e. The number of hydrogen-bond acceptors (Lipinski definition) is 4. The number of guanidine groups is 2. The first-order valence-corrected chi connectivity index (χ1v) is 7.04. The molecule has 0 fully saturated rings. The second-order valence-corrected chi connectivity index (χ2v) is 4.91. The first-order chi connectivity index (χ1) is 11.5. The molecule has 1 heterocycles. The summed E-state index contributed by atoms with van der Waals surface area (Å²) in [4.78, 5) is 12.2. The van der Waals surface area contributed by atoms with Crippen LogP contribution in [0.3, 0.4) is 0 Å². The van der Waals surface area contributed by atoms with Crippen LogP contribution in [0.4, 0.5) is 5.69 Å². The zero-order valence-corrected chi connectivity index (χ0v) is 12.9. The molecule has 0 amide bonds. The standard InChI is InChI=1S/C16H16N6O2/c1-23-11-4-2-3-9(7-11)14-21-12-8-10(5-6-13(12)24-14)20-16(19)22-15(17)18/h2-8H,1H3,(H6,17,18,19,20,22). The van der Waals surface area contributed by atoms with Gasteiger partial charge in [0.05, 0.1) is 12.8 Å². The van der Waals surface area contributed by atoms with Crippen LogP contribution in [-0.4, -0.2) is 24.0 Å². The molecule has 0 saturated carbocycles. The van der Waals surface area contributed by atoms with Crippen LogP contribution >= 0.6 is 0 Å². The topological polar surface area (TPSA) is 138 Å². The molecule has 0 bridgehead atoms. The van der Waals surface area contributed by atoms with E-state index in [0.717, 1.165) is 11.3 Å². The fourth-order valence-corrected chi connectivity index (χ4v) is 2.15. The van der Waals surface area contributed by atoms with Gasteiger partial charge in [-0.2, -0.15) is 4.99 Å². The minimum Gasteiger partial charge on any atom is -0.497 e. The average molecular weight is 324 g/mol. The van der Waals surface area contributed by atoms with Crippen LogP contribution in [0.5, 0.6) is 5.75 Å². The largest absolute Gasteiger partial charge is 0.497 e. The summed E-state index contributed by atoms with van der Waals surface area (Å²) >= 11 is 0. The summed E-state index contributed by atoms with van der Waals surface area (Å²) in [7, 11) is 1.61. The van der Waals surface area contributed by atoms with E-state index < -0.39 is 0 Å². The molecule has 2 aromatic carbocycles. The summed E-state index contributed by atoms with van der Waals surface area (Å²) in [5, 5.41) is 0.